The molecule has 0 spiro atoms. The predicted molar refractivity (Wildman–Crippen MR) is 86.9 cm³/mol. The van der Waals surface area contributed by atoms with E-state index < -0.39 is 40.0 Å². The summed E-state index contributed by atoms with van der Waals surface area (Å²) >= 11 is 1.36. The fraction of sp³-hybridized carbons (Fsp3) is 0.438. The molecule has 2 heterocycles. The van der Waals surface area contributed by atoms with E-state index in [4.69, 9.17) is 4.74 Å². The molecule has 0 aromatic heterocycles. The Kier molecular flexibility index (Phi) is 6.61. The Labute approximate surface area is 192 Å². The van der Waals surface area contributed by atoms with E-state index in [1.54, 1.807) is 38.1 Å². The molecule has 3 rings (SSSR count). The van der Waals surface area contributed by atoms with Crippen molar-refractivity contribution in [3.63, 3.8) is 0 Å². The minimum Gasteiger partial charge on any atom is -0.860 e. The first-order valence-corrected chi connectivity index (χ1v) is 8.33. The average molecular weight is 388 g/mol. The molecule has 2 aliphatic rings. The van der Waals surface area contributed by atoms with Crippen LogP contribution in [0.5, 0.6) is 5.75 Å². The van der Waals surface area contributed by atoms with E-state index in [0.29, 0.717) is 5.75 Å². The number of carboxylic acid groups (broad SMARTS) is 1. The molecular weight excluding hydrogens is 371 g/mol. The second-order valence-corrected chi connectivity index (χ2v) is 7.94. The number of ether oxygens (including phenoxy) is 1. The van der Waals surface area contributed by atoms with Crippen LogP contribution in [0, 0.1) is 0 Å². The van der Waals surface area contributed by atoms with Crippen LogP contribution in [-0.4, -0.2) is 56.6 Å². The number of carbonyl (C=O) groups is 2. The van der Waals surface area contributed by atoms with Crippen molar-refractivity contribution >= 4 is 29.5 Å². The van der Waals surface area contributed by atoms with Crippen LogP contribution < -0.4 is 61.2 Å². The van der Waals surface area contributed by atoms with Crippen LogP contribution in [0.1, 0.15) is 13.8 Å². The third-order valence-electron chi connectivity index (χ3n) is 4.04. The van der Waals surface area contributed by atoms with Crippen LogP contribution in [-0.2, 0) is 9.59 Å². The molecule has 1 N–H and O–H groups in total. The molecule has 1 amide bonds. The van der Waals surface area contributed by atoms with E-state index in [9.17, 15) is 19.8 Å². The van der Waals surface area contributed by atoms with Crippen LogP contribution in [0.4, 0.5) is 0 Å². The summed E-state index contributed by atoms with van der Waals surface area (Å²) in [5.74, 6) is -1.45. The van der Waals surface area contributed by atoms with Crippen molar-refractivity contribution in [2.75, 3.05) is 6.61 Å². The number of para-hydroxylation sites is 1. The minimum absolute atomic E-state index is 0. The third kappa shape index (κ3) is 4.06. The van der Waals surface area contributed by atoms with Gasteiger partial charge in [-0.05, 0) is 31.9 Å². The second kappa shape index (κ2) is 7.97. The van der Waals surface area contributed by atoms with Gasteiger partial charge in [0, 0.05) is 4.75 Å². The van der Waals surface area contributed by atoms with Gasteiger partial charge in [-0.2, -0.15) is 0 Å². The number of amides is 1. The number of rotatable bonds is 5. The molecule has 2 saturated heterocycles. The second-order valence-electron chi connectivity index (χ2n) is 6.17. The van der Waals surface area contributed by atoms with Crippen molar-refractivity contribution < 1.29 is 75.9 Å². The van der Waals surface area contributed by atoms with Gasteiger partial charge in [0.25, 0.3) is 5.91 Å². The maximum atomic E-state index is 12.2. The summed E-state index contributed by atoms with van der Waals surface area (Å²) in [5.41, 5.74) is 0. The summed E-state index contributed by atoms with van der Waals surface area (Å²) < 4.78 is 4.69. The molecule has 0 saturated carbocycles. The molecule has 9 heteroatoms. The maximum absolute atomic E-state index is 12.2. The molecule has 0 radical (unpaired) electrons. The van der Waals surface area contributed by atoms with Gasteiger partial charge >= 0.3 is 57.4 Å². The van der Waals surface area contributed by atoms with E-state index in [1.807, 2.05) is 6.07 Å². The fourth-order valence-corrected chi connectivity index (χ4v) is 4.58. The largest absolute Gasteiger partial charge is 1.00 e. The Hall–Kier alpha value is -0.584. The molecule has 25 heavy (non-hydrogen) atoms. The number of hydrogen-bond acceptors (Lipinski definition) is 6. The van der Waals surface area contributed by atoms with Crippen LogP contribution >= 0.6 is 11.8 Å². The van der Waals surface area contributed by atoms with Crippen molar-refractivity contribution in [2.45, 2.75) is 36.1 Å². The van der Waals surface area contributed by atoms with E-state index in [2.05, 4.69) is 4.99 Å². The topological polar surface area (TPSA) is 102 Å². The van der Waals surface area contributed by atoms with Crippen molar-refractivity contribution in [3.05, 3.63) is 30.3 Å². The van der Waals surface area contributed by atoms with Gasteiger partial charge in [0.05, 0.1) is 0 Å². The number of fused-ring (bicyclic) bond motifs is 1. The summed E-state index contributed by atoms with van der Waals surface area (Å²) in [6, 6.07) is 7.11. The number of thioether (sulfide) groups is 1. The van der Waals surface area contributed by atoms with Crippen LogP contribution in [0.3, 0.4) is 0 Å². The monoisotopic (exact) mass is 388 g/mol. The molecule has 7 nitrogen and oxygen atoms in total. The number of benzene rings is 1. The summed E-state index contributed by atoms with van der Waals surface area (Å²) in [5, 5.41) is 20.9. The van der Waals surface area contributed by atoms with Gasteiger partial charge in [0.2, 0.25) is 0 Å². The molecule has 3 atom stereocenters. The first kappa shape index (κ1) is 20.7. The number of aliphatic carboxylic acids is 1. The first-order chi connectivity index (χ1) is 11.3. The molecule has 2 fully saturated rings. The van der Waals surface area contributed by atoms with E-state index in [0.717, 1.165) is 0 Å². The summed E-state index contributed by atoms with van der Waals surface area (Å²) in [4.78, 5) is 28.9. The zero-order valence-electron chi connectivity index (χ0n) is 14.2. The molecule has 0 aliphatic carbocycles. The predicted octanol–water partition coefficient (Wildman–Crippen LogP) is -2.66. The fourth-order valence-electron chi connectivity index (χ4n) is 2.97. The van der Waals surface area contributed by atoms with Crippen LogP contribution in [0.2, 0.25) is 0 Å². The molecule has 1 aromatic rings. The van der Waals surface area contributed by atoms with Gasteiger partial charge in [-0.1, -0.05) is 18.2 Å². The van der Waals surface area contributed by atoms with Gasteiger partial charge in [-0.25, -0.2) is 4.79 Å². The number of nitrogens with zero attached hydrogens (tertiary/aromatic N) is 2. The zero-order chi connectivity index (χ0) is 17.5. The molecule has 1 aromatic carbocycles. The van der Waals surface area contributed by atoms with Crippen molar-refractivity contribution in [1.82, 2.24) is 4.90 Å². The van der Waals surface area contributed by atoms with Crippen molar-refractivity contribution in [1.29, 1.82) is 0 Å². The Morgan fingerprint density at radius 1 is 1.40 bits per heavy atom. The smallest absolute Gasteiger partial charge is 0.860 e. The summed E-state index contributed by atoms with van der Waals surface area (Å²) in [7, 11) is 0. The van der Waals surface area contributed by atoms with Crippen molar-refractivity contribution in [2.24, 2.45) is 4.99 Å². The number of aliphatic imine (C=N–C) groups is 1. The van der Waals surface area contributed by atoms with E-state index >= 15 is 0 Å². The van der Waals surface area contributed by atoms with Crippen LogP contribution in [0.25, 0.3) is 0 Å². The quantitative estimate of drug-likeness (QED) is 0.256. The maximum Gasteiger partial charge on any atom is 1.00 e. The number of carboxylic acids is 1. The standard InChI is InChI=1S/C16H18N2O5S.K/c1-16(2)12(15(21)22)18-13(20)11(14(18)24-16)17-10(19)8-23-9-6-4-3-5-7-9;/h3-7,11-12,14H,8H2,1-2H3,(H,17,19)(H,21,22);/q;+1/p-1. The zero-order valence-corrected chi connectivity index (χ0v) is 18.1. The third-order valence-corrected chi connectivity index (χ3v) is 5.59. The first-order valence-electron chi connectivity index (χ1n) is 7.45. The van der Waals surface area contributed by atoms with Gasteiger partial charge in [0.1, 0.15) is 23.8 Å². The van der Waals surface area contributed by atoms with Crippen LogP contribution in [0.15, 0.2) is 35.3 Å². The number of hydrogen-bond donors (Lipinski definition) is 1. The summed E-state index contributed by atoms with van der Waals surface area (Å²) in [6.07, 6.45) is 0. The molecule has 128 valence electrons. The SMILES string of the molecule is CC1(C)SC2C(N=C([O-])COc3ccccc3)C(=O)N2C1C(=O)O.[K+]. The van der Waals surface area contributed by atoms with Gasteiger partial charge in [0.15, 0.2) is 6.04 Å². The Morgan fingerprint density at radius 3 is 2.64 bits per heavy atom. The van der Waals surface area contributed by atoms with Gasteiger partial charge in [-0.3, -0.25) is 9.79 Å². The molecule has 3 unspecified atom stereocenters. The molecule has 2 aliphatic heterocycles. The normalized spacial score (nSPS) is 27.1. The minimum atomic E-state index is -1.04. The number of carbonyl (C=O) groups excluding carboxylic acids is 1. The Morgan fingerprint density at radius 2 is 2.04 bits per heavy atom. The average Bonchev–Trinajstić information content (AvgIpc) is 2.80. The van der Waals surface area contributed by atoms with E-state index in [-0.39, 0.29) is 58.0 Å². The summed E-state index contributed by atoms with van der Waals surface area (Å²) in [6.45, 7) is 3.30. The Bertz CT molecular complexity index is 697. The van der Waals surface area contributed by atoms with Crippen molar-refractivity contribution in [3.8, 4) is 5.75 Å². The number of β-lactam (4-membered cyclic amide) rings is 1. The van der Waals surface area contributed by atoms with Gasteiger partial charge < -0.3 is 19.8 Å². The molecule has 0 bridgehead atoms. The Balaban J connectivity index is 0.00000225. The molecular formula is C16H17KN2O5S. The van der Waals surface area contributed by atoms with E-state index in [1.165, 1.54) is 16.7 Å². The van der Waals surface area contributed by atoms with Gasteiger partial charge in [-0.15, -0.1) is 11.8 Å².